The molecule has 0 spiro atoms. The van der Waals surface area contributed by atoms with Crippen molar-refractivity contribution >= 4 is 21.6 Å². The Hall–Kier alpha value is -2.34. The Morgan fingerprint density at radius 1 is 1.05 bits per heavy atom. The molecular weight excluding hydrogens is 300 g/mol. The van der Waals surface area contributed by atoms with E-state index in [0.29, 0.717) is 5.69 Å². The first-order chi connectivity index (χ1) is 10.5. The Bertz CT molecular complexity index is 758. The third kappa shape index (κ3) is 3.28. The average molecular weight is 318 g/mol. The molecule has 22 heavy (non-hydrogen) atoms. The van der Waals surface area contributed by atoms with Crippen LogP contribution in [-0.2, 0) is 14.8 Å². The molecule has 2 rings (SSSR count). The molecule has 0 bridgehead atoms. The van der Waals surface area contributed by atoms with Gasteiger partial charge in [-0.15, -0.1) is 0 Å². The van der Waals surface area contributed by atoms with Crippen LogP contribution in [0.4, 0.5) is 5.69 Å². The molecule has 0 aliphatic rings. The van der Waals surface area contributed by atoms with E-state index in [-0.39, 0.29) is 17.3 Å². The summed E-state index contributed by atoms with van der Waals surface area (Å²) >= 11 is 0. The van der Waals surface area contributed by atoms with Gasteiger partial charge in [0, 0.05) is 7.05 Å². The molecule has 116 valence electrons. The van der Waals surface area contributed by atoms with E-state index in [9.17, 15) is 13.2 Å². The van der Waals surface area contributed by atoms with E-state index in [1.165, 1.54) is 19.2 Å². The van der Waals surface area contributed by atoms with Crippen LogP contribution in [0.15, 0.2) is 59.5 Å². The molecule has 0 radical (unpaired) electrons. The van der Waals surface area contributed by atoms with Gasteiger partial charge in [-0.1, -0.05) is 36.4 Å². The second kappa shape index (κ2) is 6.62. The minimum atomic E-state index is -3.81. The van der Waals surface area contributed by atoms with Gasteiger partial charge in [-0.3, -0.25) is 9.10 Å². The molecule has 0 aliphatic heterocycles. The van der Waals surface area contributed by atoms with Gasteiger partial charge in [0.2, 0.25) is 5.91 Å². The number of hydrogen-bond acceptors (Lipinski definition) is 3. The fraction of sp³-hybridized carbons (Fsp3) is 0.188. The standard InChI is InChI=1S/C16H18N2O3S/c1-13-8-6-7-11-15(13)18(12-16(19)17-2)22(20,21)14-9-4-3-5-10-14/h3-11H,12H2,1-2H3,(H,17,19). The van der Waals surface area contributed by atoms with E-state index in [0.717, 1.165) is 9.87 Å². The van der Waals surface area contributed by atoms with Gasteiger partial charge in [-0.2, -0.15) is 0 Å². The van der Waals surface area contributed by atoms with Crippen molar-refractivity contribution in [1.82, 2.24) is 5.32 Å². The van der Waals surface area contributed by atoms with Crippen LogP contribution in [0.1, 0.15) is 5.56 Å². The molecule has 0 unspecified atom stereocenters. The fourth-order valence-electron chi connectivity index (χ4n) is 2.07. The predicted molar refractivity (Wildman–Crippen MR) is 86.2 cm³/mol. The number of benzene rings is 2. The van der Waals surface area contributed by atoms with E-state index in [2.05, 4.69) is 5.32 Å². The van der Waals surface area contributed by atoms with Crippen molar-refractivity contribution in [3.8, 4) is 0 Å². The Morgan fingerprint density at radius 2 is 1.64 bits per heavy atom. The average Bonchev–Trinajstić information content (AvgIpc) is 2.54. The van der Waals surface area contributed by atoms with Crippen molar-refractivity contribution in [2.45, 2.75) is 11.8 Å². The maximum absolute atomic E-state index is 12.9. The van der Waals surface area contributed by atoms with Crippen LogP contribution >= 0.6 is 0 Å². The molecule has 0 saturated heterocycles. The Morgan fingerprint density at radius 3 is 2.23 bits per heavy atom. The van der Waals surface area contributed by atoms with Crippen molar-refractivity contribution in [3.05, 3.63) is 60.2 Å². The number of hydrogen-bond donors (Lipinski definition) is 1. The Balaban J connectivity index is 2.54. The highest BCUT2D eigenvalue weighted by Gasteiger charge is 2.27. The zero-order valence-corrected chi connectivity index (χ0v) is 13.3. The van der Waals surface area contributed by atoms with Crippen molar-refractivity contribution < 1.29 is 13.2 Å². The van der Waals surface area contributed by atoms with Gasteiger partial charge in [0.25, 0.3) is 10.0 Å². The first kappa shape index (κ1) is 16.0. The summed E-state index contributed by atoms with van der Waals surface area (Å²) in [5, 5.41) is 2.46. The monoisotopic (exact) mass is 318 g/mol. The molecule has 0 aliphatic carbocycles. The molecule has 2 aromatic rings. The number of nitrogens with zero attached hydrogens (tertiary/aromatic N) is 1. The highest BCUT2D eigenvalue weighted by atomic mass is 32.2. The lowest BCUT2D eigenvalue weighted by molar-refractivity contribution is -0.119. The van der Waals surface area contributed by atoms with Crippen molar-refractivity contribution in [1.29, 1.82) is 0 Å². The first-order valence-corrected chi connectivity index (χ1v) is 8.25. The van der Waals surface area contributed by atoms with Gasteiger partial charge >= 0.3 is 0 Å². The molecule has 0 saturated carbocycles. The maximum Gasteiger partial charge on any atom is 0.264 e. The van der Waals surface area contributed by atoms with Crippen molar-refractivity contribution in [2.75, 3.05) is 17.9 Å². The first-order valence-electron chi connectivity index (χ1n) is 6.81. The summed E-state index contributed by atoms with van der Waals surface area (Å²) in [5.74, 6) is -0.372. The number of para-hydroxylation sites is 1. The fourth-order valence-corrected chi connectivity index (χ4v) is 3.58. The van der Waals surface area contributed by atoms with Crippen molar-refractivity contribution in [2.24, 2.45) is 0 Å². The van der Waals surface area contributed by atoms with Crippen LogP contribution in [-0.4, -0.2) is 27.9 Å². The van der Waals surface area contributed by atoms with Crippen LogP contribution in [0.2, 0.25) is 0 Å². The topological polar surface area (TPSA) is 66.5 Å². The Labute approximate surface area is 130 Å². The molecule has 5 nitrogen and oxygen atoms in total. The maximum atomic E-state index is 12.9. The van der Waals surface area contributed by atoms with Crippen LogP contribution in [0, 0.1) is 6.92 Å². The number of likely N-dealkylation sites (N-methyl/N-ethyl adjacent to an activating group) is 1. The lowest BCUT2D eigenvalue weighted by Gasteiger charge is -2.25. The number of sulfonamides is 1. The van der Waals surface area contributed by atoms with Gasteiger partial charge in [-0.25, -0.2) is 8.42 Å². The van der Waals surface area contributed by atoms with Gasteiger partial charge < -0.3 is 5.32 Å². The zero-order chi connectivity index (χ0) is 16.2. The molecule has 0 atom stereocenters. The van der Waals surface area contributed by atoms with Gasteiger partial charge in [-0.05, 0) is 30.7 Å². The lowest BCUT2D eigenvalue weighted by Crippen LogP contribution is -2.40. The smallest absolute Gasteiger partial charge is 0.264 e. The number of anilines is 1. The number of nitrogens with one attached hydrogen (secondary N) is 1. The normalized spacial score (nSPS) is 11.0. The van der Waals surface area contributed by atoms with Crippen LogP contribution in [0.3, 0.4) is 0 Å². The van der Waals surface area contributed by atoms with Gasteiger partial charge in [0.1, 0.15) is 6.54 Å². The van der Waals surface area contributed by atoms with Gasteiger partial charge in [0.15, 0.2) is 0 Å². The summed E-state index contributed by atoms with van der Waals surface area (Å²) in [4.78, 5) is 11.9. The largest absolute Gasteiger partial charge is 0.358 e. The van der Waals surface area contributed by atoms with E-state index < -0.39 is 10.0 Å². The van der Waals surface area contributed by atoms with E-state index in [1.54, 1.807) is 30.3 Å². The number of carbonyl (C=O) groups is 1. The highest BCUT2D eigenvalue weighted by Crippen LogP contribution is 2.26. The highest BCUT2D eigenvalue weighted by molar-refractivity contribution is 7.92. The number of rotatable bonds is 5. The molecule has 1 N–H and O–H groups in total. The molecule has 1 amide bonds. The minimum absolute atomic E-state index is 0.155. The van der Waals surface area contributed by atoms with Gasteiger partial charge in [0.05, 0.1) is 10.6 Å². The molecular formula is C16H18N2O3S. The van der Waals surface area contributed by atoms with E-state index in [1.807, 2.05) is 19.1 Å². The quantitative estimate of drug-likeness (QED) is 0.916. The zero-order valence-electron chi connectivity index (χ0n) is 12.5. The number of aryl methyl sites for hydroxylation is 1. The summed E-state index contributed by atoms with van der Waals surface area (Å²) in [7, 11) is -2.33. The number of amides is 1. The molecule has 0 aromatic heterocycles. The van der Waals surface area contributed by atoms with E-state index in [4.69, 9.17) is 0 Å². The van der Waals surface area contributed by atoms with Crippen LogP contribution in [0.25, 0.3) is 0 Å². The minimum Gasteiger partial charge on any atom is -0.358 e. The summed E-state index contributed by atoms with van der Waals surface area (Å²) in [6, 6.07) is 15.2. The third-order valence-electron chi connectivity index (χ3n) is 3.28. The summed E-state index contributed by atoms with van der Waals surface area (Å²) in [5.41, 5.74) is 1.28. The summed E-state index contributed by atoms with van der Waals surface area (Å²) in [6.07, 6.45) is 0. The number of carbonyl (C=O) groups excluding carboxylic acids is 1. The van der Waals surface area contributed by atoms with E-state index >= 15 is 0 Å². The SMILES string of the molecule is CNC(=O)CN(c1ccccc1C)S(=O)(=O)c1ccccc1. The second-order valence-electron chi connectivity index (χ2n) is 4.78. The van der Waals surface area contributed by atoms with Crippen LogP contribution in [0.5, 0.6) is 0 Å². The lowest BCUT2D eigenvalue weighted by atomic mass is 10.2. The predicted octanol–water partition coefficient (Wildman–Crippen LogP) is 1.94. The molecule has 0 fully saturated rings. The molecule has 0 heterocycles. The van der Waals surface area contributed by atoms with Crippen LogP contribution < -0.4 is 9.62 Å². The second-order valence-corrected chi connectivity index (χ2v) is 6.65. The van der Waals surface area contributed by atoms with Crippen molar-refractivity contribution in [3.63, 3.8) is 0 Å². The summed E-state index contributed by atoms with van der Waals surface area (Å²) < 4.78 is 26.9. The Kier molecular flexibility index (Phi) is 4.82. The molecule has 6 heteroatoms. The third-order valence-corrected chi connectivity index (χ3v) is 5.06. The molecule has 2 aromatic carbocycles. The summed E-state index contributed by atoms with van der Waals surface area (Å²) in [6.45, 7) is 1.55.